The van der Waals surface area contributed by atoms with E-state index in [4.69, 9.17) is 0 Å². The number of hydrogen-bond acceptors (Lipinski definition) is 2. The average Bonchev–Trinajstić information content (AvgIpc) is 2.57. The van der Waals surface area contributed by atoms with Crippen LogP contribution in [-0.2, 0) is 0 Å². The highest BCUT2D eigenvalue weighted by atomic mass is 79.9. The molecule has 0 aliphatic carbocycles. The standard InChI is InChI=1S/C8H6BrN3/c9-7-2-1-3-11-8(7)12-5-4-10-6-12/h1-6H. The van der Waals surface area contributed by atoms with Gasteiger partial charge in [-0.3, -0.25) is 4.57 Å². The maximum absolute atomic E-state index is 4.20. The zero-order valence-corrected chi connectivity index (χ0v) is 7.77. The zero-order chi connectivity index (χ0) is 8.39. The Kier molecular flexibility index (Phi) is 1.91. The van der Waals surface area contributed by atoms with E-state index in [0.717, 1.165) is 10.3 Å². The van der Waals surface area contributed by atoms with Crippen molar-refractivity contribution in [2.75, 3.05) is 0 Å². The lowest BCUT2D eigenvalue weighted by molar-refractivity contribution is 0.984. The molecule has 0 unspecified atom stereocenters. The first-order chi connectivity index (χ1) is 5.88. The van der Waals surface area contributed by atoms with E-state index in [0.29, 0.717) is 0 Å². The van der Waals surface area contributed by atoms with Gasteiger partial charge in [0, 0.05) is 18.6 Å². The van der Waals surface area contributed by atoms with Crippen molar-refractivity contribution in [1.82, 2.24) is 14.5 Å². The Hall–Kier alpha value is -1.16. The Morgan fingerprint density at radius 3 is 2.92 bits per heavy atom. The van der Waals surface area contributed by atoms with Crippen molar-refractivity contribution in [1.29, 1.82) is 0 Å². The van der Waals surface area contributed by atoms with Crippen LogP contribution in [0.4, 0.5) is 0 Å². The molecule has 60 valence electrons. The van der Waals surface area contributed by atoms with Gasteiger partial charge < -0.3 is 0 Å². The van der Waals surface area contributed by atoms with Crippen molar-refractivity contribution in [3.05, 3.63) is 41.5 Å². The Balaban J connectivity index is 2.55. The lowest BCUT2D eigenvalue weighted by Gasteiger charge is -2.01. The molecule has 0 aromatic carbocycles. The van der Waals surface area contributed by atoms with Crippen LogP contribution in [-0.4, -0.2) is 14.5 Å². The molecular weight excluding hydrogens is 218 g/mol. The van der Waals surface area contributed by atoms with Crippen LogP contribution in [0.2, 0.25) is 0 Å². The summed E-state index contributed by atoms with van der Waals surface area (Å²) >= 11 is 3.41. The van der Waals surface area contributed by atoms with Crippen molar-refractivity contribution in [3.8, 4) is 5.82 Å². The van der Waals surface area contributed by atoms with Crippen molar-refractivity contribution in [3.63, 3.8) is 0 Å². The van der Waals surface area contributed by atoms with E-state index in [1.165, 1.54) is 0 Å². The highest BCUT2D eigenvalue weighted by Gasteiger charge is 2.00. The Morgan fingerprint density at radius 1 is 1.33 bits per heavy atom. The summed E-state index contributed by atoms with van der Waals surface area (Å²) in [5.74, 6) is 0.856. The van der Waals surface area contributed by atoms with Crippen LogP contribution >= 0.6 is 15.9 Å². The summed E-state index contributed by atoms with van der Waals surface area (Å²) in [6.45, 7) is 0. The first-order valence-corrected chi connectivity index (χ1v) is 4.26. The molecule has 2 aromatic rings. The first kappa shape index (κ1) is 7.49. The quantitative estimate of drug-likeness (QED) is 0.741. The molecule has 2 heterocycles. The fourth-order valence-electron chi connectivity index (χ4n) is 0.952. The summed E-state index contributed by atoms with van der Waals surface area (Å²) in [6, 6.07) is 3.83. The number of nitrogens with zero attached hydrogens (tertiary/aromatic N) is 3. The second-order valence-corrected chi connectivity index (χ2v) is 3.13. The Labute approximate surface area is 78.2 Å². The minimum Gasteiger partial charge on any atom is -0.290 e. The number of imidazole rings is 1. The smallest absolute Gasteiger partial charge is 0.152 e. The van der Waals surface area contributed by atoms with Gasteiger partial charge >= 0.3 is 0 Å². The van der Waals surface area contributed by atoms with E-state index in [9.17, 15) is 0 Å². The predicted octanol–water partition coefficient (Wildman–Crippen LogP) is 2.03. The molecule has 0 radical (unpaired) electrons. The Morgan fingerprint density at radius 2 is 2.25 bits per heavy atom. The molecule has 0 spiro atoms. The second kappa shape index (κ2) is 3.06. The summed E-state index contributed by atoms with van der Waals surface area (Å²) in [4.78, 5) is 8.14. The van der Waals surface area contributed by atoms with Crippen LogP contribution < -0.4 is 0 Å². The molecule has 2 rings (SSSR count). The van der Waals surface area contributed by atoms with E-state index in [-0.39, 0.29) is 0 Å². The summed E-state index contributed by atoms with van der Waals surface area (Å²) in [5, 5.41) is 0. The van der Waals surface area contributed by atoms with Gasteiger partial charge in [-0.2, -0.15) is 0 Å². The molecular formula is C8H6BrN3. The molecule has 0 aliphatic heterocycles. The maximum Gasteiger partial charge on any atom is 0.152 e. The fraction of sp³-hybridized carbons (Fsp3) is 0. The molecule has 0 aliphatic rings. The van der Waals surface area contributed by atoms with Gasteiger partial charge in [-0.1, -0.05) is 0 Å². The SMILES string of the molecule is Brc1cccnc1-n1ccnc1. The molecule has 0 saturated heterocycles. The van der Waals surface area contributed by atoms with Gasteiger partial charge in [0.1, 0.15) is 6.33 Å². The molecule has 0 amide bonds. The van der Waals surface area contributed by atoms with E-state index in [2.05, 4.69) is 25.9 Å². The minimum absolute atomic E-state index is 0.856. The summed E-state index contributed by atoms with van der Waals surface area (Å²) < 4.78 is 2.81. The fourth-order valence-corrected chi connectivity index (χ4v) is 1.41. The molecule has 0 N–H and O–H groups in total. The van der Waals surface area contributed by atoms with Crippen LogP contribution in [0.5, 0.6) is 0 Å². The summed E-state index contributed by atoms with van der Waals surface area (Å²) in [6.07, 6.45) is 7.04. The highest BCUT2D eigenvalue weighted by Crippen LogP contribution is 2.16. The van der Waals surface area contributed by atoms with Gasteiger partial charge in [0.05, 0.1) is 4.47 Å². The lowest BCUT2D eigenvalue weighted by Crippen LogP contribution is -1.94. The van der Waals surface area contributed by atoms with Gasteiger partial charge in [-0.05, 0) is 28.1 Å². The molecule has 3 nitrogen and oxygen atoms in total. The average molecular weight is 224 g/mol. The van der Waals surface area contributed by atoms with Crippen LogP contribution in [0.3, 0.4) is 0 Å². The molecule has 4 heteroatoms. The molecule has 0 bridgehead atoms. The van der Waals surface area contributed by atoms with Gasteiger partial charge in [0.25, 0.3) is 0 Å². The number of halogens is 1. The third-order valence-electron chi connectivity index (χ3n) is 1.49. The van der Waals surface area contributed by atoms with E-state index < -0.39 is 0 Å². The third-order valence-corrected chi connectivity index (χ3v) is 2.11. The molecule has 0 atom stereocenters. The molecule has 0 saturated carbocycles. The number of aromatic nitrogens is 3. The van der Waals surface area contributed by atoms with Gasteiger partial charge in [0.2, 0.25) is 0 Å². The monoisotopic (exact) mass is 223 g/mol. The largest absolute Gasteiger partial charge is 0.290 e. The second-order valence-electron chi connectivity index (χ2n) is 2.28. The van der Waals surface area contributed by atoms with Crippen LogP contribution in [0.1, 0.15) is 0 Å². The molecule has 2 aromatic heterocycles. The Bertz CT molecular complexity index is 370. The summed E-state index contributed by atoms with van der Waals surface area (Å²) in [5.41, 5.74) is 0. The van der Waals surface area contributed by atoms with E-state index in [1.807, 2.05) is 22.9 Å². The van der Waals surface area contributed by atoms with Gasteiger partial charge in [-0.25, -0.2) is 9.97 Å². The minimum atomic E-state index is 0.856. The van der Waals surface area contributed by atoms with Crippen LogP contribution in [0, 0.1) is 0 Å². The lowest BCUT2D eigenvalue weighted by atomic mass is 10.4. The van der Waals surface area contributed by atoms with Gasteiger partial charge in [0.15, 0.2) is 5.82 Å². The van der Waals surface area contributed by atoms with Crippen LogP contribution in [0.15, 0.2) is 41.5 Å². The zero-order valence-electron chi connectivity index (χ0n) is 6.18. The number of rotatable bonds is 1. The van der Waals surface area contributed by atoms with Crippen molar-refractivity contribution in [2.24, 2.45) is 0 Å². The normalized spacial score (nSPS) is 10.1. The predicted molar refractivity (Wildman–Crippen MR) is 49.1 cm³/mol. The van der Waals surface area contributed by atoms with Gasteiger partial charge in [-0.15, -0.1) is 0 Å². The number of pyridine rings is 1. The van der Waals surface area contributed by atoms with Crippen molar-refractivity contribution >= 4 is 15.9 Å². The van der Waals surface area contributed by atoms with E-state index in [1.54, 1.807) is 18.7 Å². The summed E-state index contributed by atoms with van der Waals surface area (Å²) in [7, 11) is 0. The molecule has 0 fully saturated rings. The van der Waals surface area contributed by atoms with Crippen molar-refractivity contribution < 1.29 is 0 Å². The maximum atomic E-state index is 4.20. The number of hydrogen-bond donors (Lipinski definition) is 0. The molecule has 12 heavy (non-hydrogen) atoms. The van der Waals surface area contributed by atoms with E-state index >= 15 is 0 Å². The highest BCUT2D eigenvalue weighted by molar-refractivity contribution is 9.10. The topological polar surface area (TPSA) is 30.7 Å². The van der Waals surface area contributed by atoms with Crippen molar-refractivity contribution in [2.45, 2.75) is 0 Å². The third kappa shape index (κ3) is 1.25. The first-order valence-electron chi connectivity index (χ1n) is 3.47. The van der Waals surface area contributed by atoms with Crippen LogP contribution in [0.25, 0.3) is 5.82 Å².